The minimum atomic E-state index is -0.598. The topological polar surface area (TPSA) is 72.2 Å². The summed E-state index contributed by atoms with van der Waals surface area (Å²) in [6.07, 6.45) is 0.797. The van der Waals surface area contributed by atoms with Gasteiger partial charge < -0.3 is 23.7 Å². The van der Waals surface area contributed by atoms with Crippen molar-refractivity contribution in [2.75, 3.05) is 33.8 Å². The number of fused-ring (bicyclic) bond motifs is 2. The highest BCUT2D eigenvalue weighted by Crippen LogP contribution is 2.41. The fourth-order valence-electron chi connectivity index (χ4n) is 5.10. The van der Waals surface area contributed by atoms with Gasteiger partial charge in [-0.3, -0.25) is 9.59 Å². The van der Waals surface area contributed by atoms with Crippen molar-refractivity contribution in [3.05, 3.63) is 104 Å². The van der Waals surface area contributed by atoms with Gasteiger partial charge in [0, 0.05) is 13.1 Å². The van der Waals surface area contributed by atoms with E-state index in [4.69, 9.17) is 13.9 Å². The molecule has 1 aliphatic heterocycles. The van der Waals surface area contributed by atoms with E-state index in [-0.39, 0.29) is 17.1 Å². The number of benzene rings is 3. The molecule has 0 saturated carbocycles. The van der Waals surface area contributed by atoms with Crippen molar-refractivity contribution in [3.8, 4) is 11.5 Å². The predicted octanol–water partition coefficient (Wildman–Crippen LogP) is 5.75. The highest BCUT2D eigenvalue weighted by atomic mass is 16.5. The Labute approximate surface area is 234 Å². The van der Waals surface area contributed by atoms with Gasteiger partial charge in [-0.05, 0) is 75.3 Å². The van der Waals surface area contributed by atoms with Crippen LogP contribution in [0.5, 0.6) is 11.5 Å². The van der Waals surface area contributed by atoms with Gasteiger partial charge in [-0.25, -0.2) is 0 Å². The van der Waals surface area contributed by atoms with Crippen molar-refractivity contribution in [2.45, 2.75) is 39.8 Å². The minimum absolute atomic E-state index is 0.114. The molecule has 7 heteroatoms. The van der Waals surface area contributed by atoms with Crippen LogP contribution in [0.2, 0.25) is 0 Å². The molecule has 0 aliphatic carbocycles. The van der Waals surface area contributed by atoms with E-state index in [2.05, 4.69) is 19.1 Å². The third-order valence-electron chi connectivity index (χ3n) is 7.32. The summed E-state index contributed by atoms with van der Waals surface area (Å²) in [5, 5.41) is 0.494. The van der Waals surface area contributed by atoms with Gasteiger partial charge in [0.1, 0.15) is 12.2 Å². The van der Waals surface area contributed by atoms with Crippen molar-refractivity contribution in [2.24, 2.45) is 0 Å². The first-order chi connectivity index (χ1) is 19.3. The Hall–Kier alpha value is -4.10. The average molecular weight is 541 g/mol. The summed E-state index contributed by atoms with van der Waals surface area (Å²) in [5.74, 6) is 1.01. The third-order valence-corrected chi connectivity index (χ3v) is 7.32. The Kier molecular flexibility index (Phi) is 7.94. The van der Waals surface area contributed by atoms with Crippen molar-refractivity contribution in [1.82, 2.24) is 9.80 Å². The van der Waals surface area contributed by atoms with Crippen LogP contribution >= 0.6 is 0 Å². The van der Waals surface area contributed by atoms with Crippen LogP contribution in [0.15, 0.2) is 69.9 Å². The Morgan fingerprint density at radius 2 is 1.65 bits per heavy atom. The molecule has 0 radical (unpaired) electrons. The van der Waals surface area contributed by atoms with Gasteiger partial charge in [0.15, 0.2) is 16.9 Å². The molecule has 0 saturated heterocycles. The molecule has 1 unspecified atom stereocenters. The van der Waals surface area contributed by atoms with Crippen LogP contribution < -0.4 is 14.9 Å². The van der Waals surface area contributed by atoms with Crippen LogP contribution in [0.3, 0.4) is 0 Å². The van der Waals surface area contributed by atoms with E-state index in [1.54, 1.807) is 11.0 Å². The molecule has 1 aromatic heterocycles. The molecule has 0 fully saturated rings. The van der Waals surface area contributed by atoms with Crippen molar-refractivity contribution >= 4 is 16.9 Å². The lowest BCUT2D eigenvalue weighted by atomic mass is 9.97. The van der Waals surface area contributed by atoms with Gasteiger partial charge in [-0.2, -0.15) is 0 Å². The van der Waals surface area contributed by atoms with Crippen molar-refractivity contribution < 1.29 is 18.7 Å². The maximum absolute atomic E-state index is 14.0. The molecule has 1 amide bonds. The second-order valence-electron chi connectivity index (χ2n) is 10.5. The lowest BCUT2D eigenvalue weighted by molar-refractivity contribution is 0.0716. The Bertz CT molecular complexity index is 1590. The van der Waals surface area contributed by atoms with Crippen molar-refractivity contribution in [1.29, 1.82) is 0 Å². The number of carbonyl (C=O) groups is 1. The normalized spacial score (nSPS) is 14.7. The molecule has 1 atom stereocenters. The zero-order valence-electron chi connectivity index (χ0n) is 23.8. The zero-order valence-corrected chi connectivity index (χ0v) is 23.8. The summed E-state index contributed by atoms with van der Waals surface area (Å²) in [5.41, 5.74) is 4.69. The highest BCUT2D eigenvalue weighted by Gasteiger charge is 2.42. The maximum atomic E-state index is 14.0. The van der Waals surface area contributed by atoms with E-state index in [1.165, 1.54) is 5.56 Å². The van der Waals surface area contributed by atoms with Gasteiger partial charge in [0.2, 0.25) is 5.76 Å². The molecular weight excluding hydrogens is 504 g/mol. The SMILES string of the molecule is CCOc1cc(C2c3c(oc4ccc(CC)cc4c3=O)C(=O)N2CCN(C)C)ccc1OCc1ccc(C)cc1. The van der Waals surface area contributed by atoms with Crippen LogP contribution in [0.1, 0.15) is 58.3 Å². The lowest BCUT2D eigenvalue weighted by Crippen LogP contribution is -2.35. The molecular formula is C33H36N2O5. The first-order valence-corrected chi connectivity index (χ1v) is 13.8. The molecule has 1 aliphatic rings. The maximum Gasteiger partial charge on any atom is 0.290 e. The molecule has 7 nitrogen and oxygen atoms in total. The average Bonchev–Trinajstić information content (AvgIpc) is 3.23. The highest BCUT2D eigenvalue weighted by molar-refractivity contribution is 5.99. The van der Waals surface area contributed by atoms with Gasteiger partial charge in [-0.15, -0.1) is 0 Å². The minimum Gasteiger partial charge on any atom is -0.490 e. The summed E-state index contributed by atoms with van der Waals surface area (Å²) in [6.45, 7) is 7.93. The number of hydrogen-bond acceptors (Lipinski definition) is 6. The molecule has 5 rings (SSSR count). The van der Waals surface area contributed by atoms with Crippen LogP contribution in [0, 0.1) is 6.92 Å². The van der Waals surface area contributed by atoms with E-state index < -0.39 is 6.04 Å². The molecule has 0 bridgehead atoms. The number of hydrogen-bond donors (Lipinski definition) is 0. The first-order valence-electron chi connectivity index (χ1n) is 13.8. The Balaban J connectivity index is 1.58. The van der Waals surface area contributed by atoms with E-state index >= 15 is 0 Å². The third kappa shape index (κ3) is 5.34. The summed E-state index contributed by atoms with van der Waals surface area (Å²) < 4.78 is 18.3. The molecule has 0 spiro atoms. The van der Waals surface area contributed by atoms with E-state index in [0.717, 1.165) is 23.1 Å². The number of aryl methyl sites for hydroxylation is 2. The second kappa shape index (κ2) is 11.6. The predicted molar refractivity (Wildman–Crippen MR) is 156 cm³/mol. The van der Waals surface area contributed by atoms with E-state index in [9.17, 15) is 9.59 Å². The monoisotopic (exact) mass is 540 g/mol. The molecule has 4 aromatic rings. The number of likely N-dealkylation sites (N-methyl/N-ethyl adjacent to an activating group) is 1. The molecule has 3 aromatic carbocycles. The number of carbonyl (C=O) groups excluding carboxylic acids is 1. The summed E-state index contributed by atoms with van der Waals surface area (Å²) in [6, 6.07) is 18.8. The van der Waals surface area contributed by atoms with Gasteiger partial charge in [0.05, 0.1) is 23.6 Å². The lowest BCUT2D eigenvalue weighted by Gasteiger charge is -2.27. The zero-order chi connectivity index (χ0) is 28.4. The fourth-order valence-corrected chi connectivity index (χ4v) is 5.10. The van der Waals surface area contributed by atoms with E-state index in [1.807, 2.05) is 75.3 Å². The van der Waals surface area contributed by atoms with Gasteiger partial charge >= 0.3 is 0 Å². The van der Waals surface area contributed by atoms with Gasteiger partial charge in [-0.1, -0.05) is 48.9 Å². The Morgan fingerprint density at radius 3 is 2.35 bits per heavy atom. The van der Waals surface area contributed by atoms with E-state index in [0.29, 0.717) is 54.3 Å². The summed E-state index contributed by atoms with van der Waals surface area (Å²) >= 11 is 0. The fraction of sp³-hybridized carbons (Fsp3) is 0.333. The molecule has 208 valence electrons. The quantitative estimate of drug-likeness (QED) is 0.255. The number of nitrogens with zero attached hydrogens (tertiary/aromatic N) is 2. The second-order valence-corrected chi connectivity index (χ2v) is 10.5. The molecule has 2 heterocycles. The number of amides is 1. The van der Waals surface area contributed by atoms with Crippen LogP contribution in [0.4, 0.5) is 0 Å². The van der Waals surface area contributed by atoms with Crippen molar-refractivity contribution in [3.63, 3.8) is 0 Å². The summed E-state index contributed by atoms with van der Waals surface area (Å²) in [4.78, 5) is 31.4. The molecule has 0 N–H and O–H groups in total. The largest absolute Gasteiger partial charge is 0.490 e. The summed E-state index contributed by atoms with van der Waals surface area (Å²) in [7, 11) is 3.92. The van der Waals surface area contributed by atoms with Crippen LogP contribution in [-0.2, 0) is 13.0 Å². The van der Waals surface area contributed by atoms with Crippen LogP contribution in [0.25, 0.3) is 11.0 Å². The van der Waals surface area contributed by atoms with Gasteiger partial charge in [0.25, 0.3) is 5.91 Å². The Morgan fingerprint density at radius 1 is 0.900 bits per heavy atom. The standard InChI is InChI=1S/C33H36N2O5/c1-6-22-12-14-26-25(18-22)31(36)29-30(35(17-16-34(4)5)33(37)32(29)40-26)24-13-15-27(28(19-24)38-7-2)39-20-23-10-8-21(3)9-11-23/h8-15,18-19,30H,6-7,16-17,20H2,1-5H3. The number of rotatable bonds is 10. The number of ether oxygens (including phenoxy) is 2. The first kappa shape index (κ1) is 27.5. The molecule has 40 heavy (non-hydrogen) atoms. The van der Waals surface area contributed by atoms with Crippen LogP contribution in [-0.4, -0.2) is 49.5 Å². The smallest absolute Gasteiger partial charge is 0.290 e.